The molecule has 0 saturated carbocycles. The van der Waals surface area contributed by atoms with Gasteiger partial charge in [0, 0.05) is 25.4 Å². The lowest BCUT2D eigenvalue weighted by molar-refractivity contribution is 0.608. The molecular formula is C15H25FN2S. The first-order chi connectivity index (χ1) is 9.10. The van der Waals surface area contributed by atoms with Crippen molar-refractivity contribution in [3.05, 3.63) is 29.6 Å². The number of anilines is 1. The van der Waals surface area contributed by atoms with Crippen LogP contribution in [0.1, 0.15) is 25.8 Å². The zero-order chi connectivity index (χ0) is 14.3. The lowest BCUT2D eigenvalue weighted by atomic mass is 10.1. The van der Waals surface area contributed by atoms with E-state index in [2.05, 4.69) is 25.4 Å². The lowest BCUT2D eigenvalue weighted by Crippen LogP contribution is -2.31. The van der Waals surface area contributed by atoms with E-state index in [1.54, 1.807) is 17.8 Å². The van der Waals surface area contributed by atoms with Crippen LogP contribution in [0.4, 0.5) is 10.1 Å². The molecule has 0 aliphatic carbocycles. The van der Waals surface area contributed by atoms with Crippen LogP contribution in [0.2, 0.25) is 0 Å². The molecular weight excluding hydrogens is 259 g/mol. The predicted octanol–water partition coefficient (Wildman–Crippen LogP) is 3.51. The van der Waals surface area contributed by atoms with Crippen LogP contribution < -0.4 is 10.2 Å². The second-order valence-corrected chi connectivity index (χ2v) is 5.79. The number of benzene rings is 1. The van der Waals surface area contributed by atoms with Gasteiger partial charge in [0.2, 0.25) is 0 Å². The Morgan fingerprint density at radius 2 is 2.16 bits per heavy atom. The SMILES string of the molecule is CCCNCc1ccc(N(C)C(C)CSC)c(F)c1. The Morgan fingerprint density at radius 1 is 1.42 bits per heavy atom. The number of nitrogens with zero attached hydrogens (tertiary/aromatic N) is 1. The maximum absolute atomic E-state index is 14.1. The van der Waals surface area contributed by atoms with Crippen molar-refractivity contribution in [1.82, 2.24) is 5.32 Å². The monoisotopic (exact) mass is 284 g/mol. The van der Waals surface area contributed by atoms with Crippen LogP contribution in [0, 0.1) is 5.82 Å². The van der Waals surface area contributed by atoms with Crippen molar-refractivity contribution in [3.8, 4) is 0 Å². The average Bonchev–Trinajstić information content (AvgIpc) is 2.39. The summed E-state index contributed by atoms with van der Waals surface area (Å²) in [5.41, 5.74) is 1.68. The van der Waals surface area contributed by atoms with E-state index >= 15 is 0 Å². The van der Waals surface area contributed by atoms with Crippen molar-refractivity contribution in [3.63, 3.8) is 0 Å². The maximum atomic E-state index is 14.1. The molecule has 4 heteroatoms. The first-order valence-electron chi connectivity index (χ1n) is 6.81. The van der Waals surface area contributed by atoms with E-state index in [0.717, 1.165) is 30.8 Å². The molecule has 108 valence electrons. The molecule has 0 radical (unpaired) electrons. The predicted molar refractivity (Wildman–Crippen MR) is 84.6 cm³/mol. The normalized spacial score (nSPS) is 12.5. The summed E-state index contributed by atoms with van der Waals surface area (Å²) >= 11 is 1.78. The van der Waals surface area contributed by atoms with Gasteiger partial charge in [0.1, 0.15) is 5.82 Å². The highest BCUT2D eigenvalue weighted by Gasteiger charge is 2.13. The van der Waals surface area contributed by atoms with Gasteiger partial charge in [-0.3, -0.25) is 0 Å². The summed E-state index contributed by atoms with van der Waals surface area (Å²) in [5, 5.41) is 3.29. The fourth-order valence-corrected chi connectivity index (χ4v) is 2.65. The van der Waals surface area contributed by atoms with Crippen LogP contribution in [0.5, 0.6) is 0 Å². The summed E-state index contributed by atoms with van der Waals surface area (Å²) in [7, 11) is 1.95. The molecule has 0 aromatic heterocycles. The van der Waals surface area contributed by atoms with Gasteiger partial charge in [0.25, 0.3) is 0 Å². The van der Waals surface area contributed by atoms with Crippen molar-refractivity contribution in [2.45, 2.75) is 32.9 Å². The molecule has 0 fully saturated rings. The Hall–Kier alpha value is -0.740. The van der Waals surface area contributed by atoms with Gasteiger partial charge in [0.15, 0.2) is 0 Å². The molecule has 0 aliphatic rings. The second-order valence-electron chi connectivity index (χ2n) is 4.88. The first-order valence-corrected chi connectivity index (χ1v) is 8.20. The van der Waals surface area contributed by atoms with Crippen molar-refractivity contribution in [2.75, 3.05) is 30.5 Å². The zero-order valence-electron chi connectivity index (χ0n) is 12.4. The maximum Gasteiger partial charge on any atom is 0.146 e. The highest BCUT2D eigenvalue weighted by molar-refractivity contribution is 7.98. The summed E-state index contributed by atoms with van der Waals surface area (Å²) in [4.78, 5) is 2.01. The smallest absolute Gasteiger partial charge is 0.146 e. The fraction of sp³-hybridized carbons (Fsp3) is 0.600. The van der Waals surface area contributed by atoms with Gasteiger partial charge in [0.05, 0.1) is 5.69 Å². The Kier molecular flexibility index (Phi) is 7.24. The van der Waals surface area contributed by atoms with Gasteiger partial charge in [-0.1, -0.05) is 13.0 Å². The van der Waals surface area contributed by atoms with E-state index in [9.17, 15) is 4.39 Å². The molecule has 0 amide bonds. The third-order valence-corrected chi connectivity index (χ3v) is 4.03. The Labute approximate surface area is 120 Å². The molecule has 0 bridgehead atoms. The largest absolute Gasteiger partial charge is 0.369 e. The van der Waals surface area contributed by atoms with E-state index in [4.69, 9.17) is 0 Å². The van der Waals surface area contributed by atoms with E-state index in [-0.39, 0.29) is 5.82 Å². The third kappa shape index (κ3) is 5.03. The van der Waals surface area contributed by atoms with Crippen LogP contribution in [-0.2, 0) is 6.54 Å². The fourth-order valence-electron chi connectivity index (χ4n) is 1.95. The quantitative estimate of drug-likeness (QED) is 0.735. The molecule has 1 atom stereocenters. The van der Waals surface area contributed by atoms with Crippen LogP contribution in [0.3, 0.4) is 0 Å². The first kappa shape index (κ1) is 16.3. The molecule has 19 heavy (non-hydrogen) atoms. The molecule has 2 nitrogen and oxygen atoms in total. The highest BCUT2D eigenvalue weighted by Crippen LogP contribution is 2.22. The number of hydrogen-bond donors (Lipinski definition) is 1. The number of thioether (sulfide) groups is 1. The van der Waals surface area contributed by atoms with Gasteiger partial charge in [-0.15, -0.1) is 0 Å². The van der Waals surface area contributed by atoms with Crippen LogP contribution in [0.15, 0.2) is 18.2 Å². The topological polar surface area (TPSA) is 15.3 Å². The van der Waals surface area contributed by atoms with Gasteiger partial charge in [-0.2, -0.15) is 11.8 Å². The molecule has 1 N–H and O–H groups in total. The lowest BCUT2D eigenvalue weighted by Gasteiger charge is -2.27. The molecule has 1 aromatic rings. The average molecular weight is 284 g/mol. The minimum atomic E-state index is -0.133. The molecule has 1 unspecified atom stereocenters. The number of rotatable bonds is 8. The number of nitrogens with one attached hydrogen (secondary N) is 1. The van der Waals surface area contributed by atoms with E-state index in [1.807, 2.05) is 24.1 Å². The van der Waals surface area contributed by atoms with Gasteiger partial charge in [-0.05, 0) is 43.8 Å². The number of hydrogen-bond acceptors (Lipinski definition) is 3. The van der Waals surface area contributed by atoms with Crippen LogP contribution in [0.25, 0.3) is 0 Å². The molecule has 1 aromatic carbocycles. The molecule has 0 saturated heterocycles. The van der Waals surface area contributed by atoms with Crippen molar-refractivity contribution in [1.29, 1.82) is 0 Å². The van der Waals surface area contributed by atoms with E-state index in [1.165, 1.54) is 0 Å². The minimum absolute atomic E-state index is 0.133. The Morgan fingerprint density at radius 3 is 2.74 bits per heavy atom. The second kappa shape index (κ2) is 8.43. The Bertz CT molecular complexity index is 384. The molecule has 0 heterocycles. The van der Waals surface area contributed by atoms with Gasteiger partial charge in [-0.25, -0.2) is 4.39 Å². The molecule has 0 spiro atoms. The Balaban J connectivity index is 2.70. The molecule has 0 aliphatic heterocycles. The van der Waals surface area contributed by atoms with E-state index in [0.29, 0.717) is 11.7 Å². The summed E-state index contributed by atoms with van der Waals surface area (Å²) < 4.78 is 14.1. The summed E-state index contributed by atoms with van der Waals surface area (Å²) in [6.45, 7) is 5.94. The summed E-state index contributed by atoms with van der Waals surface area (Å²) in [6, 6.07) is 5.85. The third-order valence-electron chi connectivity index (χ3n) is 3.22. The van der Waals surface area contributed by atoms with Gasteiger partial charge < -0.3 is 10.2 Å². The highest BCUT2D eigenvalue weighted by atomic mass is 32.2. The van der Waals surface area contributed by atoms with Crippen molar-refractivity contribution in [2.24, 2.45) is 0 Å². The van der Waals surface area contributed by atoms with Crippen molar-refractivity contribution >= 4 is 17.4 Å². The van der Waals surface area contributed by atoms with Crippen LogP contribution >= 0.6 is 11.8 Å². The number of halogens is 1. The molecule has 1 rings (SSSR count). The zero-order valence-corrected chi connectivity index (χ0v) is 13.2. The summed E-state index contributed by atoms with van der Waals surface area (Å²) in [5.74, 6) is 0.863. The van der Waals surface area contributed by atoms with Crippen LogP contribution in [-0.4, -0.2) is 31.6 Å². The summed E-state index contributed by atoms with van der Waals surface area (Å²) in [6.07, 6.45) is 3.17. The van der Waals surface area contributed by atoms with Crippen molar-refractivity contribution < 1.29 is 4.39 Å². The van der Waals surface area contributed by atoms with E-state index < -0.39 is 0 Å². The standard InChI is InChI=1S/C15H25FN2S/c1-5-8-17-10-13-6-7-15(14(16)9-13)18(3)12(2)11-19-4/h6-7,9,12,17H,5,8,10-11H2,1-4H3. The minimum Gasteiger partial charge on any atom is -0.369 e. The van der Waals surface area contributed by atoms with Gasteiger partial charge >= 0.3 is 0 Å².